The molecule has 1 aliphatic rings. The second-order valence-electron chi connectivity index (χ2n) is 5.01. The lowest BCUT2D eigenvalue weighted by Gasteiger charge is -2.13. The number of hydrogen-bond donors (Lipinski definition) is 0. The normalized spacial score (nSPS) is 15.5. The maximum Gasteiger partial charge on any atom is 0.159 e. The molecule has 0 bridgehead atoms. The first-order valence-electron chi connectivity index (χ1n) is 8.83. The van der Waals surface area contributed by atoms with E-state index in [0.29, 0.717) is 27.9 Å². The average molecular weight is 347 g/mol. The summed E-state index contributed by atoms with van der Waals surface area (Å²) in [5.74, 6) is 1.29. The summed E-state index contributed by atoms with van der Waals surface area (Å²) < 4.78 is 34.0. The minimum Gasteiger partial charge on any atom is -0.281 e. The maximum absolute atomic E-state index is 8.32. The molecule has 3 aromatic rings. The van der Waals surface area contributed by atoms with Crippen molar-refractivity contribution in [2.24, 2.45) is 4.99 Å². The van der Waals surface area contributed by atoms with Gasteiger partial charge in [0.25, 0.3) is 0 Å². The number of hydrogen-bond acceptors (Lipinski definition) is 3. The number of nitrogens with zero attached hydrogens (tertiary/aromatic N) is 4. The minimum absolute atomic E-state index is 0.0833. The Bertz CT molecular complexity index is 1110. The van der Waals surface area contributed by atoms with Gasteiger partial charge in [-0.05, 0) is 31.2 Å². The molecular formula is C17H12Cl2N4. The molecule has 0 amide bonds. The highest BCUT2D eigenvalue weighted by Gasteiger charge is 2.22. The first-order chi connectivity index (χ1) is 12.8. The van der Waals surface area contributed by atoms with Gasteiger partial charge in [0, 0.05) is 21.2 Å². The molecule has 0 N–H and O–H groups in total. The number of fused-ring (bicyclic) bond motifs is 3. The van der Waals surface area contributed by atoms with Crippen molar-refractivity contribution < 1.29 is 5.48 Å². The van der Waals surface area contributed by atoms with Gasteiger partial charge >= 0.3 is 0 Å². The molecule has 114 valence electrons. The summed E-state index contributed by atoms with van der Waals surface area (Å²) in [4.78, 5) is 4.57. The van der Waals surface area contributed by atoms with Crippen molar-refractivity contribution in [3.63, 3.8) is 0 Å². The van der Waals surface area contributed by atoms with Crippen molar-refractivity contribution in [1.82, 2.24) is 14.8 Å². The first kappa shape index (κ1) is 10.6. The number of benzene rings is 2. The summed E-state index contributed by atoms with van der Waals surface area (Å²) in [6.45, 7) is 2.00. The van der Waals surface area contributed by atoms with Gasteiger partial charge in [0.2, 0.25) is 0 Å². The van der Waals surface area contributed by atoms with Crippen LogP contribution in [0.3, 0.4) is 0 Å². The van der Waals surface area contributed by atoms with Crippen molar-refractivity contribution in [2.75, 3.05) is 0 Å². The largest absolute Gasteiger partial charge is 0.281 e. The summed E-state index contributed by atoms with van der Waals surface area (Å²) >= 11 is 12.5. The fourth-order valence-electron chi connectivity index (χ4n) is 2.62. The number of aliphatic imine (C=N–C) groups is 1. The molecule has 1 aromatic heterocycles. The second kappa shape index (κ2) is 5.48. The van der Waals surface area contributed by atoms with Gasteiger partial charge in [0.1, 0.15) is 12.4 Å². The van der Waals surface area contributed by atoms with Crippen LogP contribution in [0.5, 0.6) is 0 Å². The standard InChI is InChI=1S/C17H12Cl2N4/c1-10-21-22-16-9-20-17(12-4-2-3-5-14(12)19)13-8-11(18)6-7-15(13)23(10)16/h2-8H,9H2,1H3/i2D,3D,4D,5D. The molecule has 1 aliphatic heterocycles. The summed E-state index contributed by atoms with van der Waals surface area (Å²) in [7, 11) is 0. The zero-order chi connectivity index (χ0) is 19.5. The van der Waals surface area contributed by atoms with E-state index in [4.69, 9.17) is 28.7 Å². The number of aromatic nitrogens is 3. The molecule has 0 unspecified atom stereocenters. The van der Waals surface area contributed by atoms with E-state index in [1.165, 1.54) is 0 Å². The lowest BCUT2D eigenvalue weighted by molar-refractivity contribution is 0.862. The van der Waals surface area contributed by atoms with E-state index in [2.05, 4.69) is 15.2 Å². The summed E-state index contributed by atoms with van der Waals surface area (Å²) in [5.41, 5.74) is 1.80. The predicted molar refractivity (Wildman–Crippen MR) is 91.9 cm³/mol. The van der Waals surface area contributed by atoms with Crippen molar-refractivity contribution >= 4 is 28.9 Å². The molecule has 0 spiro atoms. The van der Waals surface area contributed by atoms with Crippen LogP contribution in [0.4, 0.5) is 0 Å². The maximum atomic E-state index is 8.32. The molecule has 23 heavy (non-hydrogen) atoms. The van der Waals surface area contributed by atoms with Gasteiger partial charge in [-0.2, -0.15) is 0 Å². The van der Waals surface area contributed by atoms with Crippen LogP contribution < -0.4 is 0 Å². The highest BCUT2D eigenvalue weighted by atomic mass is 35.5. The second-order valence-corrected chi connectivity index (χ2v) is 5.83. The third kappa shape index (κ3) is 2.35. The van der Waals surface area contributed by atoms with Crippen molar-refractivity contribution in [2.45, 2.75) is 13.5 Å². The highest BCUT2D eigenvalue weighted by molar-refractivity contribution is 6.36. The number of halogens is 2. The lowest BCUT2D eigenvalue weighted by atomic mass is 10.0. The van der Waals surface area contributed by atoms with E-state index in [0.717, 1.165) is 5.69 Å². The van der Waals surface area contributed by atoms with E-state index in [-0.39, 0.29) is 41.3 Å². The molecule has 6 heteroatoms. The van der Waals surface area contributed by atoms with Gasteiger partial charge in [-0.3, -0.25) is 9.56 Å². The fourth-order valence-corrected chi connectivity index (χ4v) is 2.98. The van der Waals surface area contributed by atoms with E-state index in [9.17, 15) is 0 Å². The van der Waals surface area contributed by atoms with Crippen LogP contribution in [-0.4, -0.2) is 20.5 Å². The van der Waals surface area contributed by atoms with Crippen LogP contribution in [0, 0.1) is 6.92 Å². The zero-order valence-electron chi connectivity index (χ0n) is 16.0. The zero-order valence-corrected chi connectivity index (χ0v) is 13.5. The van der Waals surface area contributed by atoms with Crippen LogP contribution in [-0.2, 0) is 6.54 Å². The molecule has 2 aromatic carbocycles. The Morgan fingerprint density at radius 3 is 2.83 bits per heavy atom. The predicted octanol–water partition coefficient (Wildman–Crippen LogP) is 4.23. The molecule has 2 heterocycles. The van der Waals surface area contributed by atoms with Crippen molar-refractivity contribution in [1.29, 1.82) is 0 Å². The Morgan fingerprint density at radius 2 is 1.96 bits per heavy atom. The van der Waals surface area contributed by atoms with E-state index < -0.39 is 0 Å². The Morgan fingerprint density at radius 1 is 1.13 bits per heavy atom. The third-order valence-corrected chi connectivity index (χ3v) is 4.12. The van der Waals surface area contributed by atoms with Crippen LogP contribution in [0.2, 0.25) is 10.0 Å². The van der Waals surface area contributed by atoms with Crippen molar-refractivity contribution in [3.8, 4) is 5.69 Å². The molecule has 0 saturated heterocycles. The van der Waals surface area contributed by atoms with Crippen LogP contribution in [0.15, 0.2) is 47.4 Å². The monoisotopic (exact) mass is 346 g/mol. The number of aryl methyl sites for hydroxylation is 1. The van der Waals surface area contributed by atoms with Crippen LogP contribution >= 0.6 is 23.2 Å². The Labute approximate surface area is 149 Å². The number of rotatable bonds is 1. The van der Waals surface area contributed by atoms with Gasteiger partial charge in [-0.1, -0.05) is 41.3 Å². The van der Waals surface area contributed by atoms with Crippen LogP contribution in [0.25, 0.3) is 5.69 Å². The lowest BCUT2D eigenvalue weighted by Crippen LogP contribution is -2.08. The average Bonchev–Trinajstić information content (AvgIpc) is 2.93. The van der Waals surface area contributed by atoms with E-state index in [1.54, 1.807) is 18.2 Å². The summed E-state index contributed by atoms with van der Waals surface area (Å²) in [6, 6.07) is 3.92. The smallest absolute Gasteiger partial charge is 0.159 e. The Kier molecular flexibility index (Phi) is 2.52. The summed E-state index contributed by atoms with van der Waals surface area (Å²) in [5, 5.41) is 8.63. The third-order valence-electron chi connectivity index (χ3n) is 3.60. The Hall–Kier alpha value is -2.17. The molecule has 0 aliphatic carbocycles. The fraction of sp³-hybridized carbons (Fsp3) is 0.118. The van der Waals surface area contributed by atoms with E-state index in [1.807, 2.05) is 11.5 Å². The van der Waals surface area contributed by atoms with Gasteiger partial charge in [0.05, 0.1) is 16.9 Å². The Balaban J connectivity index is 2.08. The molecule has 0 fully saturated rings. The molecule has 4 rings (SSSR count). The van der Waals surface area contributed by atoms with Gasteiger partial charge < -0.3 is 0 Å². The van der Waals surface area contributed by atoms with Crippen LogP contribution in [0.1, 0.15) is 28.3 Å². The molecular weight excluding hydrogens is 331 g/mol. The highest BCUT2D eigenvalue weighted by Crippen LogP contribution is 2.30. The topological polar surface area (TPSA) is 43.1 Å². The van der Waals surface area contributed by atoms with Gasteiger partial charge in [0.15, 0.2) is 5.82 Å². The van der Waals surface area contributed by atoms with Gasteiger partial charge in [-0.15, -0.1) is 10.2 Å². The molecule has 0 saturated carbocycles. The molecule has 0 atom stereocenters. The van der Waals surface area contributed by atoms with Gasteiger partial charge in [-0.25, -0.2) is 0 Å². The van der Waals surface area contributed by atoms with Crippen molar-refractivity contribution in [3.05, 3.63) is 75.2 Å². The minimum atomic E-state index is -0.387. The first-order valence-corrected chi connectivity index (χ1v) is 7.58. The SMILES string of the molecule is [2H]c1c([2H])c([2H])c(C2=NCc3nnc(C)n3-c3ccc(Cl)cc32)c(Cl)c1[2H]. The quantitative estimate of drug-likeness (QED) is 0.661. The molecule has 0 radical (unpaired) electrons. The summed E-state index contributed by atoms with van der Waals surface area (Å²) in [6.07, 6.45) is 0. The van der Waals surface area contributed by atoms with E-state index >= 15 is 0 Å². The molecule has 4 nitrogen and oxygen atoms in total.